The number of hydrogen-bond donors (Lipinski definition) is 2. The Kier molecular flexibility index (Phi) is 3.83. The molecule has 2 saturated heterocycles. The molecule has 2 N–H and O–H groups in total. The molecule has 2 aliphatic rings. The minimum atomic E-state index is 0.233. The molecule has 0 bridgehead atoms. The van der Waals surface area contributed by atoms with Crippen molar-refractivity contribution in [3.05, 3.63) is 35.9 Å². The van der Waals surface area contributed by atoms with Gasteiger partial charge < -0.3 is 10.6 Å². The van der Waals surface area contributed by atoms with Crippen molar-refractivity contribution < 1.29 is 4.79 Å². The molecular formula is C16H22N2O. The molecule has 19 heavy (non-hydrogen) atoms. The summed E-state index contributed by atoms with van der Waals surface area (Å²) in [6, 6.07) is 11.9. The van der Waals surface area contributed by atoms with Crippen LogP contribution in [-0.4, -0.2) is 24.0 Å². The Hall–Kier alpha value is -1.35. The first-order chi connectivity index (χ1) is 9.31. The Morgan fingerprint density at radius 2 is 1.95 bits per heavy atom. The minimum absolute atomic E-state index is 0.233. The smallest absolute Gasteiger partial charge is 0.220 e. The van der Waals surface area contributed by atoms with Gasteiger partial charge in [0.15, 0.2) is 0 Å². The predicted molar refractivity (Wildman–Crippen MR) is 75.9 cm³/mol. The first kappa shape index (κ1) is 12.7. The molecule has 0 aromatic heterocycles. The van der Waals surface area contributed by atoms with Crippen molar-refractivity contribution in [1.82, 2.24) is 10.6 Å². The third-order valence-electron chi connectivity index (χ3n) is 4.31. The third kappa shape index (κ3) is 3.16. The Balaban J connectivity index is 1.63. The molecule has 102 valence electrons. The van der Waals surface area contributed by atoms with Crippen LogP contribution < -0.4 is 10.6 Å². The van der Waals surface area contributed by atoms with Gasteiger partial charge in [-0.1, -0.05) is 36.8 Å². The zero-order valence-corrected chi connectivity index (χ0v) is 11.3. The van der Waals surface area contributed by atoms with Gasteiger partial charge in [-0.05, 0) is 31.2 Å². The molecule has 0 radical (unpaired) electrons. The van der Waals surface area contributed by atoms with Crippen molar-refractivity contribution in [2.75, 3.05) is 0 Å². The number of rotatable bonds is 2. The highest BCUT2D eigenvalue weighted by Gasteiger charge is 2.34. The minimum Gasteiger partial charge on any atom is -0.352 e. The Morgan fingerprint density at radius 3 is 2.79 bits per heavy atom. The molecule has 3 atom stereocenters. The standard InChI is InChI=1S/C16H22N2O/c19-16-9-5-4-8-14-15(18-16)11-13(17-14)10-12-6-2-1-3-7-12/h1-3,6-7,13-15,17H,4-5,8-11H2,(H,18,19)/t13-,14-,15+/m1/s1. The molecular weight excluding hydrogens is 236 g/mol. The van der Waals surface area contributed by atoms with Gasteiger partial charge in [0.25, 0.3) is 0 Å². The summed E-state index contributed by atoms with van der Waals surface area (Å²) in [5, 5.41) is 6.91. The summed E-state index contributed by atoms with van der Waals surface area (Å²) in [6.45, 7) is 0. The molecule has 3 rings (SSSR count). The average molecular weight is 258 g/mol. The second-order valence-corrected chi connectivity index (χ2v) is 5.82. The van der Waals surface area contributed by atoms with E-state index in [0.717, 1.165) is 19.3 Å². The molecule has 2 fully saturated rings. The number of carbonyl (C=O) groups is 1. The van der Waals surface area contributed by atoms with Crippen molar-refractivity contribution in [1.29, 1.82) is 0 Å². The zero-order valence-electron chi connectivity index (χ0n) is 11.3. The van der Waals surface area contributed by atoms with E-state index >= 15 is 0 Å². The SMILES string of the molecule is O=C1CCCC[C@H]2N[C@H](Cc3ccccc3)C[C@@H]2N1. The highest BCUT2D eigenvalue weighted by Crippen LogP contribution is 2.23. The van der Waals surface area contributed by atoms with Crippen molar-refractivity contribution in [3.8, 4) is 0 Å². The van der Waals surface area contributed by atoms with Gasteiger partial charge in [0.2, 0.25) is 5.91 Å². The van der Waals surface area contributed by atoms with Gasteiger partial charge in [0, 0.05) is 24.5 Å². The van der Waals surface area contributed by atoms with E-state index in [1.807, 2.05) is 0 Å². The van der Waals surface area contributed by atoms with E-state index in [2.05, 4.69) is 41.0 Å². The maximum Gasteiger partial charge on any atom is 0.220 e. The highest BCUT2D eigenvalue weighted by atomic mass is 16.1. The lowest BCUT2D eigenvalue weighted by Gasteiger charge is -2.23. The number of benzene rings is 1. The van der Waals surface area contributed by atoms with Gasteiger partial charge in [0.1, 0.15) is 0 Å². The van der Waals surface area contributed by atoms with Crippen LogP contribution in [0.3, 0.4) is 0 Å². The largest absolute Gasteiger partial charge is 0.352 e. The van der Waals surface area contributed by atoms with Crippen LogP contribution in [-0.2, 0) is 11.2 Å². The highest BCUT2D eigenvalue weighted by molar-refractivity contribution is 5.76. The first-order valence-electron chi connectivity index (χ1n) is 7.40. The molecule has 3 heteroatoms. The lowest BCUT2D eigenvalue weighted by Crippen LogP contribution is -2.44. The summed E-state index contributed by atoms with van der Waals surface area (Å²) >= 11 is 0. The fourth-order valence-corrected chi connectivity index (χ4v) is 3.37. The van der Waals surface area contributed by atoms with Crippen LogP contribution in [0.4, 0.5) is 0 Å². The Labute approximate surface area is 114 Å². The summed E-state index contributed by atoms with van der Waals surface area (Å²) in [5.41, 5.74) is 1.38. The summed E-state index contributed by atoms with van der Waals surface area (Å²) in [5.74, 6) is 0.233. The fourth-order valence-electron chi connectivity index (χ4n) is 3.37. The van der Waals surface area contributed by atoms with E-state index in [9.17, 15) is 4.79 Å². The van der Waals surface area contributed by atoms with Crippen LogP contribution in [0.2, 0.25) is 0 Å². The van der Waals surface area contributed by atoms with E-state index in [1.54, 1.807) is 0 Å². The topological polar surface area (TPSA) is 41.1 Å². The molecule has 1 aromatic rings. The maximum absolute atomic E-state index is 11.7. The number of nitrogens with one attached hydrogen (secondary N) is 2. The van der Waals surface area contributed by atoms with Crippen LogP contribution in [0.15, 0.2) is 30.3 Å². The monoisotopic (exact) mass is 258 g/mol. The molecule has 0 saturated carbocycles. The van der Waals surface area contributed by atoms with E-state index in [1.165, 1.54) is 18.4 Å². The number of amides is 1. The van der Waals surface area contributed by atoms with E-state index in [4.69, 9.17) is 0 Å². The number of carbonyl (C=O) groups excluding carboxylic acids is 1. The van der Waals surface area contributed by atoms with Gasteiger partial charge in [-0.3, -0.25) is 4.79 Å². The molecule has 3 nitrogen and oxygen atoms in total. The Bertz CT molecular complexity index is 432. The number of hydrogen-bond acceptors (Lipinski definition) is 2. The van der Waals surface area contributed by atoms with E-state index in [0.29, 0.717) is 24.5 Å². The van der Waals surface area contributed by atoms with Crippen molar-refractivity contribution in [2.24, 2.45) is 0 Å². The molecule has 1 aromatic carbocycles. The summed E-state index contributed by atoms with van der Waals surface area (Å²) in [4.78, 5) is 11.7. The van der Waals surface area contributed by atoms with Crippen molar-refractivity contribution in [2.45, 2.75) is 56.7 Å². The summed E-state index contributed by atoms with van der Waals surface area (Å²) < 4.78 is 0. The molecule has 2 aliphatic heterocycles. The quantitative estimate of drug-likeness (QED) is 0.852. The van der Waals surface area contributed by atoms with Crippen LogP contribution in [0.1, 0.15) is 37.7 Å². The van der Waals surface area contributed by atoms with Crippen molar-refractivity contribution in [3.63, 3.8) is 0 Å². The lowest BCUT2D eigenvalue weighted by molar-refractivity contribution is -0.122. The molecule has 2 heterocycles. The Morgan fingerprint density at radius 1 is 1.11 bits per heavy atom. The predicted octanol–water partition coefficient (Wildman–Crippen LogP) is 2.02. The summed E-state index contributed by atoms with van der Waals surface area (Å²) in [7, 11) is 0. The normalized spacial score (nSPS) is 31.2. The summed E-state index contributed by atoms with van der Waals surface area (Å²) in [6.07, 6.45) is 6.21. The maximum atomic E-state index is 11.7. The van der Waals surface area contributed by atoms with Gasteiger partial charge in [-0.2, -0.15) is 0 Å². The molecule has 0 unspecified atom stereocenters. The number of fused-ring (bicyclic) bond motifs is 1. The first-order valence-corrected chi connectivity index (χ1v) is 7.40. The van der Waals surface area contributed by atoms with E-state index in [-0.39, 0.29) is 5.91 Å². The van der Waals surface area contributed by atoms with E-state index < -0.39 is 0 Å². The molecule has 0 aliphatic carbocycles. The second kappa shape index (κ2) is 5.74. The van der Waals surface area contributed by atoms with Crippen LogP contribution in [0, 0.1) is 0 Å². The van der Waals surface area contributed by atoms with Gasteiger partial charge in [-0.25, -0.2) is 0 Å². The molecule has 0 spiro atoms. The third-order valence-corrected chi connectivity index (χ3v) is 4.31. The lowest BCUT2D eigenvalue weighted by atomic mass is 9.98. The van der Waals surface area contributed by atoms with Gasteiger partial charge >= 0.3 is 0 Å². The van der Waals surface area contributed by atoms with Gasteiger partial charge in [-0.15, -0.1) is 0 Å². The fraction of sp³-hybridized carbons (Fsp3) is 0.562. The van der Waals surface area contributed by atoms with Crippen molar-refractivity contribution >= 4 is 5.91 Å². The molecule has 1 amide bonds. The second-order valence-electron chi connectivity index (χ2n) is 5.82. The van der Waals surface area contributed by atoms with Crippen LogP contribution in [0.25, 0.3) is 0 Å². The van der Waals surface area contributed by atoms with Crippen LogP contribution in [0.5, 0.6) is 0 Å². The van der Waals surface area contributed by atoms with Crippen LogP contribution >= 0.6 is 0 Å². The zero-order chi connectivity index (χ0) is 13.1. The average Bonchev–Trinajstić information content (AvgIpc) is 2.75. The van der Waals surface area contributed by atoms with Gasteiger partial charge in [0.05, 0.1) is 0 Å².